The van der Waals surface area contributed by atoms with E-state index in [1.54, 1.807) is 7.11 Å². The number of rotatable bonds is 4. The summed E-state index contributed by atoms with van der Waals surface area (Å²) in [6, 6.07) is 12.8. The van der Waals surface area contributed by atoms with Gasteiger partial charge < -0.3 is 10.1 Å². The normalized spacial score (nSPS) is 17.6. The van der Waals surface area contributed by atoms with Gasteiger partial charge in [-0.05, 0) is 48.6 Å². The molecule has 104 valence electrons. The summed E-state index contributed by atoms with van der Waals surface area (Å²) in [5, 5.41) is 3.63. The first-order valence-corrected chi connectivity index (χ1v) is 7.17. The number of pyridine rings is 1. The summed E-state index contributed by atoms with van der Waals surface area (Å²) in [4.78, 5) is 4.56. The summed E-state index contributed by atoms with van der Waals surface area (Å²) in [6.07, 6.45) is 5.44. The predicted molar refractivity (Wildman–Crippen MR) is 79.7 cm³/mol. The molecule has 3 heteroatoms. The molecule has 0 spiro atoms. The number of aryl methyl sites for hydroxylation is 1. The zero-order chi connectivity index (χ0) is 13.8. The lowest BCUT2D eigenvalue weighted by molar-refractivity contribution is 0.412. The lowest BCUT2D eigenvalue weighted by Gasteiger charge is -2.25. The molecule has 1 aliphatic carbocycles. The van der Waals surface area contributed by atoms with Crippen molar-refractivity contribution in [3.05, 3.63) is 59.4 Å². The molecular weight excluding hydrogens is 248 g/mol. The number of aromatic nitrogens is 1. The Labute approximate surface area is 120 Å². The number of nitrogens with zero attached hydrogens (tertiary/aromatic N) is 1. The lowest BCUT2D eigenvalue weighted by atomic mass is 9.92. The average molecular weight is 268 g/mol. The third kappa shape index (κ3) is 2.83. The molecule has 1 N–H and O–H groups in total. The third-order valence-corrected chi connectivity index (χ3v) is 3.88. The van der Waals surface area contributed by atoms with Crippen molar-refractivity contribution >= 4 is 0 Å². The van der Waals surface area contributed by atoms with E-state index in [-0.39, 0.29) is 0 Å². The second kappa shape index (κ2) is 6.06. The maximum atomic E-state index is 5.26. The Morgan fingerprint density at radius 3 is 3.15 bits per heavy atom. The number of fused-ring (bicyclic) bond motifs is 1. The van der Waals surface area contributed by atoms with Crippen molar-refractivity contribution in [1.29, 1.82) is 0 Å². The van der Waals surface area contributed by atoms with Crippen LogP contribution in [0.3, 0.4) is 0 Å². The van der Waals surface area contributed by atoms with Crippen LogP contribution in [-0.4, -0.2) is 12.1 Å². The van der Waals surface area contributed by atoms with Crippen molar-refractivity contribution in [2.24, 2.45) is 0 Å². The van der Waals surface area contributed by atoms with Crippen molar-refractivity contribution in [3.63, 3.8) is 0 Å². The monoisotopic (exact) mass is 268 g/mol. The number of ether oxygens (including phenoxy) is 1. The quantitative estimate of drug-likeness (QED) is 0.924. The molecule has 0 amide bonds. The standard InChI is InChI=1S/C17H20N2O/c1-20-15-8-2-5-13(11-15)12-19-16-9-3-6-14-7-4-10-18-17(14)16/h2,4-5,7-8,10-11,16,19H,3,6,9,12H2,1H3. The van der Waals surface area contributed by atoms with Crippen molar-refractivity contribution in [3.8, 4) is 5.75 Å². The fraction of sp³-hybridized carbons (Fsp3) is 0.353. The summed E-state index contributed by atoms with van der Waals surface area (Å²) in [5.74, 6) is 0.909. The highest BCUT2D eigenvalue weighted by molar-refractivity contribution is 5.29. The fourth-order valence-electron chi connectivity index (χ4n) is 2.83. The van der Waals surface area contributed by atoms with Gasteiger partial charge in [0.1, 0.15) is 5.75 Å². The minimum Gasteiger partial charge on any atom is -0.497 e. The Hall–Kier alpha value is -1.87. The molecule has 3 nitrogen and oxygen atoms in total. The molecule has 1 aromatic heterocycles. The first-order chi connectivity index (χ1) is 9.86. The van der Waals surface area contributed by atoms with E-state index in [2.05, 4.69) is 28.5 Å². The van der Waals surface area contributed by atoms with Crippen LogP contribution >= 0.6 is 0 Å². The molecule has 3 rings (SSSR count). The van der Waals surface area contributed by atoms with Gasteiger partial charge in [0, 0.05) is 12.7 Å². The summed E-state index contributed by atoms with van der Waals surface area (Å²) in [5.41, 5.74) is 3.86. The molecule has 1 heterocycles. The molecule has 1 unspecified atom stereocenters. The van der Waals surface area contributed by atoms with Gasteiger partial charge in [-0.2, -0.15) is 0 Å². The van der Waals surface area contributed by atoms with Gasteiger partial charge in [-0.15, -0.1) is 0 Å². The molecule has 1 aliphatic rings. The zero-order valence-corrected chi connectivity index (χ0v) is 11.8. The number of hydrogen-bond donors (Lipinski definition) is 1. The molecule has 0 saturated carbocycles. The molecule has 0 aliphatic heterocycles. The van der Waals surface area contributed by atoms with Crippen molar-refractivity contribution < 1.29 is 4.74 Å². The lowest BCUT2D eigenvalue weighted by Crippen LogP contribution is -2.25. The highest BCUT2D eigenvalue weighted by Crippen LogP contribution is 2.28. The van der Waals surface area contributed by atoms with Crippen LogP contribution in [0.25, 0.3) is 0 Å². The summed E-state index contributed by atoms with van der Waals surface area (Å²) in [6.45, 7) is 0.845. The van der Waals surface area contributed by atoms with Crippen molar-refractivity contribution in [2.75, 3.05) is 7.11 Å². The van der Waals surface area contributed by atoms with Crippen LogP contribution in [0, 0.1) is 0 Å². The number of methoxy groups -OCH3 is 1. The molecule has 20 heavy (non-hydrogen) atoms. The summed E-state index contributed by atoms with van der Waals surface area (Å²) < 4.78 is 5.26. The third-order valence-electron chi connectivity index (χ3n) is 3.88. The van der Waals surface area contributed by atoms with Gasteiger partial charge in [0.25, 0.3) is 0 Å². The van der Waals surface area contributed by atoms with Crippen LogP contribution in [0.2, 0.25) is 0 Å². The van der Waals surface area contributed by atoms with Gasteiger partial charge in [-0.1, -0.05) is 18.2 Å². The van der Waals surface area contributed by atoms with Gasteiger partial charge in [0.2, 0.25) is 0 Å². The molecule has 0 saturated heterocycles. The van der Waals surface area contributed by atoms with E-state index in [0.717, 1.165) is 25.1 Å². The Balaban J connectivity index is 1.70. The molecule has 2 aromatic rings. The molecule has 0 bridgehead atoms. The van der Waals surface area contributed by atoms with Gasteiger partial charge in [-0.3, -0.25) is 4.98 Å². The summed E-state index contributed by atoms with van der Waals surface area (Å²) >= 11 is 0. The molecule has 0 fully saturated rings. The highest BCUT2D eigenvalue weighted by atomic mass is 16.5. The molecule has 0 radical (unpaired) electrons. The Morgan fingerprint density at radius 2 is 2.25 bits per heavy atom. The van der Waals surface area contributed by atoms with E-state index in [0.29, 0.717) is 6.04 Å². The van der Waals surface area contributed by atoms with Crippen LogP contribution < -0.4 is 10.1 Å². The van der Waals surface area contributed by atoms with E-state index in [9.17, 15) is 0 Å². The first-order valence-electron chi connectivity index (χ1n) is 7.17. The fourth-order valence-corrected chi connectivity index (χ4v) is 2.83. The van der Waals surface area contributed by atoms with E-state index in [1.807, 2.05) is 24.4 Å². The Kier molecular flexibility index (Phi) is 3.97. The number of hydrogen-bond acceptors (Lipinski definition) is 3. The maximum Gasteiger partial charge on any atom is 0.119 e. The van der Waals surface area contributed by atoms with Crippen LogP contribution in [0.1, 0.15) is 35.7 Å². The summed E-state index contributed by atoms with van der Waals surface area (Å²) in [7, 11) is 1.70. The van der Waals surface area contributed by atoms with Crippen LogP contribution in [0.15, 0.2) is 42.6 Å². The molecule has 1 aromatic carbocycles. The van der Waals surface area contributed by atoms with Gasteiger partial charge in [0.15, 0.2) is 0 Å². The Bertz CT molecular complexity index is 583. The van der Waals surface area contributed by atoms with Crippen LogP contribution in [0.4, 0.5) is 0 Å². The Morgan fingerprint density at radius 1 is 1.30 bits per heavy atom. The van der Waals surface area contributed by atoms with Crippen molar-refractivity contribution in [2.45, 2.75) is 31.8 Å². The second-order valence-corrected chi connectivity index (χ2v) is 5.23. The van der Waals surface area contributed by atoms with Crippen LogP contribution in [-0.2, 0) is 13.0 Å². The van der Waals surface area contributed by atoms with Gasteiger partial charge in [-0.25, -0.2) is 0 Å². The van der Waals surface area contributed by atoms with Crippen LogP contribution in [0.5, 0.6) is 5.75 Å². The van der Waals surface area contributed by atoms with E-state index >= 15 is 0 Å². The highest BCUT2D eigenvalue weighted by Gasteiger charge is 2.20. The maximum absolute atomic E-state index is 5.26. The molecular formula is C17H20N2O. The number of nitrogens with one attached hydrogen (secondary N) is 1. The molecule has 1 atom stereocenters. The smallest absolute Gasteiger partial charge is 0.119 e. The predicted octanol–water partition coefficient (Wildman–Crippen LogP) is 3.26. The largest absolute Gasteiger partial charge is 0.497 e. The van der Waals surface area contributed by atoms with Gasteiger partial charge in [0.05, 0.1) is 18.8 Å². The SMILES string of the molecule is COc1cccc(CNC2CCCc3cccnc32)c1. The van der Waals surface area contributed by atoms with E-state index in [1.165, 1.54) is 23.2 Å². The first kappa shape index (κ1) is 13.1. The topological polar surface area (TPSA) is 34.1 Å². The van der Waals surface area contributed by atoms with Crippen molar-refractivity contribution in [1.82, 2.24) is 10.3 Å². The zero-order valence-electron chi connectivity index (χ0n) is 11.8. The minimum absolute atomic E-state index is 0.367. The van der Waals surface area contributed by atoms with E-state index < -0.39 is 0 Å². The second-order valence-electron chi connectivity index (χ2n) is 5.23. The number of benzene rings is 1. The van der Waals surface area contributed by atoms with E-state index in [4.69, 9.17) is 4.74 Å². The minimum atomic E-state index is 0.367. The van der Waals surface area contributed by atoms with Gasteiger partial charge >= 0.3 is 0 Å². The average Bonchev–Trinajstić information content (AvgIpc) is 2.53.